The van der Waals surface area contributed by atoms with Crippen LogP contribution < -0.4 is 10.6 Å². The zero-order valence-corrected chi connectivity index (χ0v) is 19.5. The summed E-state index contributed by atoms with van der Waals surface area (Å²) in [5.41, 5.74) is 0.651. The Morgan fingerprint density at radius 2 is 1.93 bits per heavy atom. The molecule has 0 bridgehead atoms. The van der Waals surface area contributed by atoms with Crippen molar-refractivity contribution in [2.45, 2.75) is 27.2 Å². The number of benzene rings is 1. The van der Waals surface area contributed by atoms with E-state index < -0.39 is 0 Å². The minimum Gasteiger partial charge on any atom is -0.508 e. The lowest BCUT2D eigenvalue weighted by Crippen LogP contribution is -2.41. The molecule has 1 fully saturated rings. The molecule has 1 aromatic rings. The highest BCUT2D eigenvalue weighted by Crippen LogP contribution is 2.18. The van der Waals surface area contributed by atoms with E-state index in [9.17, 15) is 9.90 Å². The molecule has 28 heavy (non-hydrogen) atoms. The summed E-state index contributed by atoms with van der Waals surface area (Å²) in [7, 11) is 0. The van der Waals surface area contributed by atoms with Crippen LogP contribution in [0.5, 0.6) is 5.75 Å². The predicted octanol–water partition coefficient (Wildman–Crippen LogP) is 2.58. The van der Waals surface area contributed by atoms with Gasteiger partial charge in [-0.25, -0.2) is 4.99 Å². The summed E-state index contributed by atoms with van der Waals surface area (Å²) in [6, 6.07) is 6.42. The molecule has 1 aliphatic rings. The van der Waals surface area contributed by atoms with Crippen molar-refractivity contribution in [3.05, 3.63) is 24.3 Å². The molecule has 7 nitrogen and oxygen atoms in total. The van der Waals surface area contributed by atoms with Crippen molar-refractivity contribution in [2.24, 2.45) is 10.9 Å². The number of guanidine groups is 1. The van der Waals surface area contributed by atoms with E-state index >= 15 is 0 Å². The average molecular weight is 503 g/mol. The fraction of sp³-hybridized carbons (Fsp3) is 0.600. The number of hydrogen-bond donors (Lipinski definition) is 3. The Kier molecular flexibility index (Phi) is 11.2. The second kappa shape index (κ2) is 12.8. The van der Waals surface area contributed by atoms with Crippen LogP contribution in [0.3, 0.4) is 0 Å². The molecule has 8 heteroatoms. The highest BCUT2D eigenvalue weighted by atomic mass is 127. The second-order valence-corrected chi connectivity index (χ2v) is 6.85. The largest absolute Gasteiger partial charge is 0.508 e. The lowest BCUT2D eigenvalue weighted by atomic mass is 10.1. The summed E-state index contributed by atoms with van der Waals surface area (Å²) in [6.45, 7) is 12.5. The molecule has 1 atom stereocenters. The van der Waals surface area contributed by atoms with Gasteiger partial charge in [0.1, 0.15) is 12.3 Å². The summed E-state index contributed by atoms with van der Waals surface area (Å²) in [6.07, 6.45) is 1.15. The zero-order chi connectivity index (χ0) is 19.6. The highest BCUT2D eigenvalue weighted by molar-refractivity contribution is 14.0. The van der Waals surface area contributed by atoms with Gasteiger partial charge in [0, 0.05) is 31.9 Å². The van der Waals surface area contributed by atoms with Crippen molar-refractivity contribution in [1.29, 1.82) is 0 Å². The standard InChI is InChI=1S/C20H33N5O2.HI/c1-4-21-20(25-12-11-16(15-25)14-24(5-2)6-3)22-13-19(27)23-17-7-9-18(26)10-8-17;/h7-10,16,26H,4-6,11-15H2,1-3H3,(H,21,22)(H,23,27);1H. The number of aromatic hydroxyl groups is 1. The van der Waals surface area contributed by atoms with Gasteiger partial charge in [0.05, 0.1) is 0 Å². The topological polar surface area (TPSA) is 80.2 Å². The smallest absolute Gasteiger partial charge is 0.246 e. The molecule has 1 amide bonds. The summed E-state index contributed by atoms with van der Waals surface area (Å²) in [4.78, 5) is 21.4. The number of aliphatic imine (C=N–C) groups is 1. The SMILES string of the molecule is CCNC(=NCC(=O)Nc1ccc(O)cc1)N1CCC(CN(CC)CC)C1.I. The fourth-order valence-corrected chi connectivity index (χ4v) is 3.34. The van der Waals surface area contributed by atoms with E-state index in [0.717, 1.165) is 51.6 Å². The maximum absolute atomic E-state index is 12.2. The number of nitrogens with zero attached hydrogens (tertiary/aromatic N) is 3. The van der Waals surface area contributed by atoms with Gasteiger partial charge in [-0.1, -0.05) is 13.8 Å². The van der Waals surface area contributed by atoms with Crippen LogP contribution in [0.2, 0.25) is 0 Å². The van der Waals surface area contributed by atoms with E-state index in [0.29, 0.717) is 11.6 Å². The molecule has 3 N–H and O–H groups in total. The molecule has 0 radical (unpaired) electrons. The monoisotopic (exact) mass is 503 g/mol. The van der Waals surface area contributed by atoms with Crippen molar-refractivity contribution in [3.8, 4) is 5.75 Å². The summed E-state index contributed by atoms with van der Waals surface area (Å²) in [5, 5.41) is 15.4. The van der Waals surface area contributed by atoms with Gasteiger partial charge in [0.15, 0.2) is 5.96 Å². The van der Waals surface area contributed by atoms with Gasteiger partial charge >= 0.3 is 0 Å². The molecule has 0 saturated carbocycles. The Bertz CT molecular complexity index is 620. The molecular weight excluding hydrogens is 469 g/mol. The number of phenols is 1. The van der Waals surface area contributed by atoms with Gasteiger partial charge in [-0.15, -0.1) is 24.0 Å². The van der Waals surface area contributed by atoms with Crippen LogP contribution in [0, 0.1) is 5.92 Å². The molecule has 2 rings (SSSR count). The van der Waals surface area contributed by atoms with E-state index in [1.165, 1.54) is 0 Å². The minimum atomic E-state index is -0.171. The average Bonchev–Trinajstić information content (AvgIpc) is 3.13. The molecule has 1 unspecified atom stereocenters. The first-order valence-corrected chi connectivity index (χ1v) is 9.90. The number of phenolic OH excluding ortho intramolecular Hbond substituents is 1. The van der Waals surface area contributed by atoms with Crippen LogP contribution in [0.1, 0.15) is 27.2 Å². The van der Waals surface area contributed by atoms with E-state index in [4.69, 9.17) is 0 Å². The molecule has 1 saturated heterocycles. The van der Waals surface area contributed by atoms with E-state index in [1.807, 2.05) is 6.92 Å². The van der Waals surface area contributed by atoms with Gasteiger partial charge in [0.25, 0.3) is 0 Å². The number of rotatable bonds is 8. The Hall–Kier alpha value is -1.55. The number of nitrogens with one attached hydrogen (secondary N) is 2. The first kappa shape index (κ1) is 24.5. The quantitative estimate of drug-likeness (QED) is 0.220. The lowest BCUT2D eigenvalue weighted by molar-refractivity contribution is -0.114. The van der Waals surface area contributed by atoms with Crippen LogP contribution >= 0.6 is 24.0 Å². The normalized spacial score (nSPS) is 16.8. The molecule has 1 aromatic carbocycles. The Morgan fingerprint density at radius 1 is 1.25 bits per heavy atom. The van der Waals surface area contributed by atoms with Crippen molar-refractivity contribution < 1.29 is 9.90 Å². The second-order valence-electron chi connectivity index (χ2n) is 6.85. The Morgan fingerprint density at radius 3 is 2.54 bits per heavy atom. The minimum absolute atomic E-state index is 0. The summed E-state index contributed by atoms with van der Waals surface area (Å²) < 4.78 is 0. The van der Waals surface area contributed by atoms with Gasteiger partial charge in [-0.3, -0.25) is 4.79 Å². The third-order valence-electron chi connectivity index (χ3n) is 4.85. The maximum atomic E-state index is 12.2. The number of hydrogen-bond acceptors (Lipinski definition) is 4. The molecule has 1 aliphatic heterocycles. The Balaban J connectivity index is 0.00000392. The van der Waals surface area contributed by atoms with Gasteiger partial charge in [-0.05, 0) is 56.6 Å². The fourth-order valence-electron chi connectivity index (χ4n) is 3.34. The van der Waals surface area contributed by atoms with E-state index in [-0.39, 0.29) is 42.2 Å². The molecular formula is C20H34IN5O2. The number of carbonyl (C=O) groups is 1. The molecule has 0 aliphatic carbocycles. The third-order valence-corrected chi connectivity index (χ3v) is 4.85. The number of amides is 1. The first-order chi connectivity index (χ1) is 13.0. The van der Waals surface area contributed by atoms with Crippen molar-refractivity contribution >= 4 is 41.5 Å². The number of halogens is 1. The van der Waals surface area contributed by atoms with Crippen molar-refractivity contribution in [1.82, 2.24) is 15.1 Å². The predicted molar refractivity (Wildman–Crippen MR) is 126 cm³/mol. The van der Waals surface area contributed by atoms with Gasteiger partial charge in [0.2, 0.25) is 5.91 Å². The number of likely N-dealkylation sites (tertiary alicyclic amines) is 1. The third kappa shape index (κ3) is 7.83. The molecule has 0 aromatic heterocycles. The highest BCUT2D eigenvalue weighted by Gasteiger charge is 2.26. The summed E-state index contributed by atoms with van der Waals surface area (Å²) >= 11 is 0. The van der Waals surface area contributed by atoms with Gasteiger partial charge in [-0.2, -0.15) is 0 Å². The van der Waals surface area contributed by atoms with E-state index in [2.05, 4.69) is 39.3 Å². The van der Waals surface area contributed by atoms with Crippen molar-refractivity contribution in [2.75, 3.05) is 51.1 Å². The molecule has 1 heterocycles. The van der Waals surface area contributed by atoms with E-state index in [1.54, 1.807) is 24.3 Å². The van der Waals surface area contributed by atoms with Gasteiger partial charge < -0.3 is 25.5 Å². The van der Waals surface area contributed by atoms with Crippen LogP contribution in [-0.2, 0) is 4.79 Å². The zero-order valence-electron chi connectivity index (χ0n) is 17.1. The lowest BCUT2D eigenvalue weighted by Gasteiger charge is -2.24. The van der Waals surface area contributed by atoms with Crippen LogP contribution in [0.15, 0.2) is 29.3 Å². The molecule has 158 valence electrons. The number of anilines is 1. The van der Waals surface area contributed by atoms with Crippen molar-refractivity contribution in [3.63, 3.8) is 0 Å². The van der Waals surface area contributed by atoms with Crippen LogP contribution in [-0.4, -0.2) is 72.6 Å². The summed E-state index contributed by atoms with van der Waals surface area (Å²) in [5.74, 6) is 1.45. The van der Waals surface area contributed by atoms with Crippen LogP contribution in [0.4, 0.5) is 5.69 Å². The first-order valence-electron chi connectivity index (χ1n) is 9.90. The Labute approximate surface area is 185 Å². The molecule has 0 spiro atoms. The van der Waals surface area contributed by atoms with Crippen LogP contribution in [0.25, 0.3) is 0 Å². The maximum Gasteiger partial charge on any atom is 0.246 e. The number of carbonyl (C=O) groups excluding carboxylic acids is 1.